The molecule has 1 atom stereocenters. The molecule has 0 amide bonds. The van der Waals surface area contributed by atoms with Crippen molar-refractivity contribution in [2.75, 3.05) is 5.32 Å². The SMILES string of the molecule is CC(Nc1ccc(C#N)c(Cl)c1)c1nccn1C. The Morgan fingerprint density at radius 1 is 1.50 bits per heavy atom. The van der Waals surface area contributed by atoms with Crippen LogP contribution in [-0.4, -0.2) is 9.55 Å². The van der Waals surface area contributed by atoms with Crippen LogP contribution < -0.4 is 5.32 Å². The maximum atomic E-state index is 8.81. The largest absolute Gasteiger partial charge is 0.375 e. The number of imidazole rings is 1. The topological polar surface area (TPSA) is 53.6 Å². The van der Waals surface area contributed by atoms with Gasteiger partial charge >= 0.3 is 0 Å². The zero-order chi connectivity index (χ0) is 13.1. The molecule has 18 heavy (non-hydrogen) atoms. The summed E-state index contributed by atoms with van der Waals surface area (Å²) < 4.78 is 1.96. The molecule has 1 aromatic carbocycles. The van der Waals surface area contributed by atoms with E-state index in [1.807, 2.05) is 36.9 Å². The molecule has 1 N–H and O–H groups in total. The standard InChI is InChI=1S/C13H13ClN4/c1-9(13-16-5-6-18(13)2)17-11-4-3-10(8-15)12(14)7-11/h3-7,9,17H,1-2H3. The molecule has 1 heterocycles. The molecule has 92 valence electrons. The Bertz CT molecular complexity index is 597. The zero-order valence-electron chi connectivity index (χ0n) is 10.2. The van der Waals surface area contributed by atoms with Crippen LogP contribution in [0.5, 0.6) is 0 Å². The predicted molar refractivity (Wildman–Crippen MR) is 71.4 cm³/mol. The summed E-state index contributed by atoms with van der Waals surface area (Å²) in [5.74, 6) is 0.940. The van der Waals surface area contributed by atoms with E-state index in [9.17, 15) is 0 Å². The molecule has 4 nitrogen and oxygen atoms in total. The Hall–Kier alpha value is -1.99. The quantitative estimate of drug-likeness (QED) is 0.923. The van der Waals surface area contributed by atoms with Gasteiger partial charge in [0.15, 0.2) is 0 Å². The fourth-order valence-electron chi connectivity index (χ4n) is 1.80. The third-order valence-electron chi connectivity index (χ3n) is 2.72. The number of anilines is 1. The minimum Gasteiger partial charge on any atom is -0.375 e. The molecule has 0 fully saturated rings. The minimum absolute atomic E-state index is 0.0639. The van der Waals surface area contributed by atoms with Gasteiger partial charge in [0.1, 0.15) is 11.9 Å². The highest BCUT2D eigenvalue weighted by Crippen LogP contribution is 2.23. The van der Waals surface area contributed by atoms with Crippen molar-refractivity contribution in [1.82, 2.24) is 9.55 Å². The Morgan fingerprint density at radius 2 is 2.28 bits per heavy atom. The van der Waals surface area contributed by atoms with Crippen LogP contribution in [0.15, 0.2) is 30.6 Å². The summed E-state index contributed by atoms with van der Waals surface area (Å²) in [7, 11) is 1.95. The highest BCUT2D eigenvalue weighted by molar-refractivity contribution is 6.32. The first kappa shape index (κ1) is 12.5. The molecule has 0 saturated heterocycles. The number of nitrogens with one attached hydrogen (secondary N) is 1. The first-order chi connectivity index (χ1) is 8.61. The van der Waals surface area contributed by atoms with Crippen LogP contribution in [0.4, 0.5) is 5.69 Å². The van der Waals surface area contributed by atoms with Crippen LogP contribution in [-0.2, 0) is 7.05 Å². The molecule has 0 saturated carbocycles. The lowest BCUT2D eigenvalue weighted by atomic mass is 10.2. The Morgan fingerprint density at radius 3 is 2.83 bits per heavy atom. The van der Waals surface area contributed by atoms with Gasteiger partial charge in [-0.15, -0.1) is 0 Å². The maximum absolute atomic E-state index is 8.81. The van der Waals surface area contributed by atoms with Gasteiger partial charge in [0.25, 0.3) is 0 Å². The van der Waals surface area contributed by atoms with Crippen LogP contribution in [0, 0.1) is 11.3 Å². The predicted octanol–water partition coefficient (Wildman–Crippen LogP) is 3.12. The van der Waals surface area contributed by atoms with E-state index in [-0.39, 0.29) is 6.04 Å². The van der Waals surface area contributed by atoms with Crippen LogP contribution in [0.25, 0.3) is 0 Å². The van der Waals surface area contributed by atoms with Gasteiger partial charge < -0.3 is 9.88 Å². The number of aryl methyl sites for hydroxylation is 1. The molecule has 0 radical (unpaired) electrons. The van der Waals surface area contributed by atoms with Crippen molar-refractivity contribution in [3.63, 3.8) is 0 Å². The smallest absolute Gasteiger partial charge is 0.130 e. The van der Waals surface area contributed by atoms with Crippen molar-refractivity contribution in [1.29, 1.82) is 5.26 Å². The number of hydrogen-bond acceptors (Lipinski definition) is 3. The number of rotatable bonds is 3. The molecule has 2 aromatic rings. The van der Waals surface area contributed by atoms with Gasteiger partial charge in [0, 0.05) is 25.1 Å². The normalized spacial score (nSPS) is 11.9. The zero-order valence-corrected chi connectivity index (χ0v) is 10.9. The van der Waals surface area contributed by atoms with E-state index in [0.29, 0.717) is 10.6 Å². The van der Waals surface area contributed by atoms with E-state index in [0.717, 1.165) is 11.5 Å². The van der Waals surface area contributed by atoms with Gasteiger partial charge in [-0.1, -0.05) is 11.6 Å². The average Bonchev–Trinajstić information content (AvgIpc) is 2.76. The maximum Gasteiger partial charge on any atom is 0.130 e. The van der Waals surface area contributed by atoms with Crippen LogP contribution in [0.1, 0.15) is 24.4 Å². The summed E-state index contributed by atoms with van der Waals surface area (Å²) in [6.07, 6.45) is 3.67. The summed E-state index contributed by atoms with van der Waals surface area (Å²) in [4.78, 5) is 4.28. The lowest BCUT2D eigenvalue weighted by Gasteiger charge is -2.15. The Balaban J connectivity index is 2.18. The van der Waals surface area contributed by atoms with Gasteiger partial charge in [-0.05, 0) is 25.1 Å². The Labute approximate surface area is 111 Å². The second kappa shape index (κ2) is 5.11. The molecule has 1 aromatic heterocycles. The number of halogens is 1. The summed E-state index contributed by atoms with van der Waals surface area (Å²) in [6.45, 7) is 2.02. The van der Waals surface area contributed by atoms with E-state index >= 15 is 0 Å². The number of nitrogens with zero attached hydrogens (tertiary/aromatic N) is 3. The lowest BCUT2D eigenvalue weighted by molar-refractivity contribution is 0.722. The molecule has 0 aliphatic rings. The van der Waals surface area contributed by atoms with Gasteiger partial charge in [-0.25, -0.2) is 4.98 Å². The van der Waals surface area contributed by atoms with Crippen molar-refractivity contribution < 1.29 is 0 Å². The monoisotopic (exact) mass is 260 g/mol. The number of nitriles is 1. The molecule has 0 bridgehead atoms. The highest BCUT2D eigenvalue weighted by Gasteiger charge is 2.10. The van der Waals surface area contributed by atoms with Gasteiger partial charge in [0.05, 0.1) is 16.6 Å². The summed E-state index contributed by atoms with van der Waals surface area (Å²) >= 11 is 5.99. The lowest BCUT2D eigenvalue weighted by Crippen LogP contribution is -2.11. The van der Waals surface area contributed by atoms with Gasteiger partial charge in [-0.2, -0.15) is 5.26 Å². The first-order valence-corrected chi connectivity index (χ1v) is 5.93. The molecule has 1 unspecified atom stereocenters. The van der Waals surface area contributed by atoms with Gasteiger partial charge in [-0.3, -0.25) is 0 Å². The van der Waals surface area contributed by atoms with E-state index < -0.39 is 0 Å². The Kier molecular flexibility index (Phi) is 3.54. The number of hydrogen-bond donors (Lipinski definition) is 1. The fourth-order valence-corrected chi connectivity index (χ4v) is 2.03. The minimum atomic E-state index is 0.0639. The molecule has 0 aliphatic heterocycles. The molecular formula is C13H13ClN4. The molecule has 2 rings (SSSR count). The molecule has 0 aliphatic carbocycles. The van der Waals surface area contributed by atoms with Crippen LogP contribution in [0.2, 0.25) is 5.02 Å². The van der Waals surface area contributed by atoms with Crippen molar-refractivity contribution in [3.05, 3.63) is 47.0 Å². The fraction of sp³-hybridized carbons (Fsp3) is 0.231. The number of aromatic nitrogens is 2. The van der Waals surface area contributed by atoms with Crippen molar-refractivity contribution in [2.45, 2.75) is 13.0 Å². The summed E-state index contributed by atoms with van der Waals surface area (Å²) in [5.41, 5.74) is 1.35. The summed E-state index contributed by atoms with van der Waals surface area (Å²) in [6, 6.07) is 7.39. The molecule has 5 heteroatoms. The average molecular weight is 261 g/mol. The third kappa shape index (κ3) is 2.47. The van der Waals surface area contributed by atoms with Gasteiger partial charge in [0.2, 0.25) is 0 Å². The van der Waals surface area contributed by atoms with Crippen LogP contribution in [0.3, 0.4) is 0 Å². The first-order valence-electron chi connectivity index (χ1n) is 5.55. The van der Waals surface area contributed by atoms with E-state index in [1.54, 1.807) is 18.3 Å². The van der Waals surface area contributed by atoms with Crippen LogP contribution >= 0.6 is 11.6 Å². The second-order valence-electron chi connectivity index (χ2n) is 4.07. The summed E-state index contributed by atoms with van der Waals surface area (Å²) in [5, 5.41) is 12.6. The second-order valence-corrected chi connectivity index (χ2v) is 4.48. The van der Waals surface area contributed by atoms with E-state index in [1.165, 1.54) is 0 Å². The number of benzene rings is 1. The van der Waals surface area contributed by atoms with E-state index in [4.69, 9.17) is 16.9 Å². The highest BCUT2D eigenvalue weighted by atomic mass is 35.5. The van der Waals surface area contributed by atoms with Crippen molar-refractivity contribution >= 4 is 17.3 Å². The van der Waals surface area contributed by atoms with Crippen molar-refractivity contribution in [3.8, 4) is 6.07 Å². The van der Waals surface area contributed by atoms with E-state index in [2.05, 4.69) is 10.3 Å². The molecule has 0 spiro atoms. The van der Waals surface area contributed by atoms with Crippen molar-refractivity contribution in [2.24, 2.45) is 7.05 Å². The third-order valence-corrected chi connectivity index (χ3v) is 3.03. The molecular weight excluding hydrogens is 248 g/mol.